The molecule has 0 spiro atoms. The van der Waals surface area contributed by atoms with Gasteiger partial charge < -0.3 is 10.2 Å². The summed E-state index contributed by atoms with van der Waals surface area (Å²) in [7, 11) is 0. The van der Waals surface area contributed by atoms with E-state index >= 15 is 0 Å². The minimum Gasteiger partial charge on any atom is -0.464 e. The van der Waals surface area contributed by atoms with Crippen molar-refractivity contribution in [2.75, 3.05) is 6.54 Å². The number of hydrogen-bond donors (Lipinski definition) is 1. The summed E-state index contributed by atoms with van der Waals surface area (Å²) < 4.78 is 18.9. The highest BCUT2D eigenvalue weighted by Gasteiger charge is 2.15. The number of rotatable bonds is 3. The highest BCUT2D eigenvalue weighted by atomic mass is 19.1. The first-order valence-electron chi connectivity index (χ1n) is 5.09. The third-order valence-electron chi connectivity index (χ3n) is 2.72. The zero-order valence-electron chi connectivity index (χ0n) is 8.66. The molecule has 0 aliphatic heterocycles. The van der Waals surface area contributed by atoms with E-state index in [1.165, 1.54) is 6.07 Å². The summed E-state index contributed by atoms with van der Waals surface area (Å²) in [4.78, 5) is 0. The van der Waals surface area contributed by atoms with Crippen molar-refractivity contribution < 1.29 is 8.81 Å². The van der Waals surface area contributed by atoms with E-state index in [0.29, 0.717) is 12.1 Å². The predicted octanol–water partition coefficient (Wildman–Crippen LogP) is 3.02. The van der Waals surface area contributed by atoms with E-state index < -0.39 is 0 Å². The summed E-state index contributed by atoms with van der Waals surface area (Å²) in [6, 6.07) is 4.91. The highest BCUT2D eigenvalue weighted by Crippen LogP contribution is 2.30. The number of benzene rings is 1. The second-order valence-corrected chi connectivity index (χ2v) is 3.77. The van der Waals surface area contributed by atoms with E-state index in [1.54, 1.807) is 18.4 Å². The van der Waals surface area contributed by atoms with Crippen molar-refractivity contribution in [1.82, 2.24) is 0 Å². The van der Waals surface area contributed by atoms with Crippen molar-refractivity contribution >= 4 is 11.0 Å². The predicted molar refractivity (Wildman–Crippen MR) is 58.3 cm³/mol. The molecule has 0 saturated carbocycles. The first-order valence-corrected chi connectivity index (χ1v) is 5.09. The lowest BCUT2D eigenvalue weighted by atomic mass is 9.94. The Labute approximate surface area is 87.9 Å². The van der Waals surface area contributed by atoms with Gasteiger partial charge in [0.05, 0.1) is 6.26 Å². The van der Waals surface area contributed by atoms with Gasteiger partial charge in [-0.1, -0.05) is 6.92 Å². The summed E-state index contributed by atoms with van der Waals surface area (Å²) in [6.07, 6.45) is 2.37. The Morgan fingerprint density at radius 1 is 1.40 bits per heavy atom. The molecule has 0 saturated heterocycles. The van der Waals surface area contributed by atoms with Gasteiger partial charge in [-0.3, -0.25) is 0 Å². The third kappa shape index (κ3) is 1.75. The lowest BCUT2D eigenvalue weighted by Crippen LogP contribution is -2.06. The molecule has 0 aliphatic carbocycles. The standard InChI is InChI=1S/C12H14FNO/c1-8(4-6-14)12-9-5-7-15-11(9)3-2-10(12)13/h2-3,5,7-8H,4,6,14H2,1H3. The monoisotopic (exact) mass is 207 g/mol. The molecule has 0 fully saturated rings. The van der Waals surface area contributed by atoms with Crippen LogP contribution in [0.4, 0.5) is 4.39 Å². The molecule has 1 aromatic heterocycles. The Balaban J connectivity index is 2.55. The lowest BCUT2D eigenvalue weighted by molar-refractivity contribution is 0.577. The fourth-order valence-corrected chi connectivity index (χ4v) is 1.94. The summed E-state index contributed by atoms with van der Waals surface area (Å²) >= 11 is 0. The number of nitrogens with two attached hydrogens (primary N) is 1. The Morgan fingerprint density at radius 3 is 2.93 bits per heavy atom. The fourth-order valence-electron chi connectivity index (χ4n) is 1.94. The van der Waals surface area contributed by atoms with E-state index in [0.717, 1.165) is 17.4 Å². The molecule has 1 atom stereocenters. The molecular formula is C12H14FNO. The van der Waals surface area contributed by atoms with Crippen LogP contribution in [0.15, 0.2) is 28.9 Å². The molecule has 15 heavy (non-hydrogen) atoms. The van der Waals surface area contributed by atoms with Gasteiger partial charge in [0, 0.05) is 10.9 Å². The van der Waals surface area contributed by atoms with Crippen LogP contribution >= 0.6 is 0 Å². The molecule has 2 nitrogen and oxygen atoms in total. The second kappa shape index (κ2) is 4.03. The van der Waals surface area contributed by atoms with Crippen LogP contribution in [0.2, 0.25) is 0 Å². The summed E-state index contributed by atoms with van der Waals surface area (Å²) in [5, 5.41) is 0.857. The molecule has 0 amide bonds. The highest BCUT2D eigenvalue weighted by molar-refractivity contribution is 5.81. The van der Waals surface area contributed by atoms with Gasteiger partial charge in [0.25, 0.3) is 0 Å². The minimum atomic E-state index is -0.176. The van der Waals surface area contributed by atoms with E-state index in [2.05, 4.69) is 0 Å². The average molecular weight is 207 g/mol. The molecule has 0 radical (unpaired) electrons. The lowest BCUT2D eigenvalue weighted by Gasteiger charge is -2.12. The van der Waals surface area contributed by atoms with Gasteiger partial charge in [-0.25, -0.2) is 4.39 Å². The van der Waals surface area contributed by atoms with Gasteiger partial charge in [0.2, 0.25) is 0 Å². The van der Waals surface area contributed by atoms with Crippen molar-refractivity contribution in [1.29, 1.82) is 0 Å². The van der Waals surface area contributed by atoms with Crippen LogP contribution in [0.3, 0.4) is 0 Å². The van der Waals surface area contributed by atoms with Gasteiger partial charge >= 0.3 is 0 Å². The zero-order chi connectivity index (χ0) is 10.8. The van der Waals surface area contributed by atoms with Crippen LogP contribution in [0.25, 0.3) is 11.0 Å². The second-order valence-electron chi connectivity index (χ2n) is 3.77. The Bertz CT molecular complexity index is 464. The molecule has 2 rings (SSSR count). The van der Waals surface area contributed by atoms with Crippen LogP contribution in [-0.2, 0) is 0 Å². The molecule has 1 aromatic carbocycles. The van der Waals surface area contributed by atoms with Gasteiger partial charge in [-0.15, -0.1) is 0 Å². The number of hydrogen-bond acceptors (Lipinski definition) is 2. The average Bonchev–Trinajstić information content (AvgIpc) is 2.65. The molecule has 1 heterocycles. The van der Waals surface area contributed by atoms with E-state index in [4.69, 9.17) is 10.2 Å². The van der Waals surface area contributed by atoms with E-state index in [-0.39, 0.29) is 11.7 Å². The first-order chi connectivity index (χ1) is 7.24. The van der Waals surface area contributed by atoms with Gasteiger partial charge in [-0.05, 0) is 37.1 Å². The molecule has 2 N–H and O–H groups in total. The Kier molecular flexibility index (Phi) is 2.73. The summed E-state index contributed by atoms with van der Waals surface area (Å²) in [6.45, 7) is 2.55. The summed E-state index contributed by atoms with van der Waals surface area (Å²) in [5.41, 5.74) is 6.94. The topological polar surface area (TPSA) is 39.2 Å². The van der Waals surface area contributed by atoms with Crippen LogP contribution in [-0.4, -0.2) is 6.54 Å². The minimum absolute atomic E-state index is 0.122. The van der Waals surface area contributed by atoms with Gasteiger partial charge in [0.15, 0.2) is 0 Å². The van der Waals surface area contributed by atoms with Crippen LogP contribution in [0, 0.1) is 5.82 Å². The fraction of sp³-hybridized carbons (Fsp3) is 0.333. The van der Waals surface area contributed by atoms with Crippen LogP contribution < -0.4 is 5.73 Å². The normalized spacial score (nSPS) is 13.3. The summed E-state index contributed by atoms with van der Waals surface area (Å²) in [5.74, 6) is -0.0545. The quantitative estimate of drug-likeness (QED) is 0.840. The third-order valence-corrected chi connectivity index (χ3v) is 2.72. The van der Waals surface area contributed by atoms with Crippen LogP contribution in [0.5, 0.6) is 0 Å². The molecule has 3 heteroatoms. The molecule has 2 aromatic rings. The molecular weight excluding hydrogens is 193 g/mol. The SMILES string of the molecule is CC(CCN)c1c(F)ccc2occc12. The maximum atomic E-state index is 13.7. The zero-order valence-corrected chi connectivity index (χ0v) is 8.66. The van der Waals surface area contributed by atoms with Crippen molar-refractivity contribution in [2.24, 2.45) is 5.73 Å². The van der Waals surface area contributed by atoms with Gasteiger partial charge in [-0.2, -0.15) is 0 Å². The van der Waals surface area contributed by atoms with E-state index in [9.17, 15) is 4.39 Å². The molecule has 1 unspecified atom stereocenters. The molecule has 0 bridgehead atoms. The maximum absolute atomic E-state index is 13.7. The van der Waals surface area contributed by atoms with Crippen molar-refractivity contribution in [3.8, 4) is 0 Å². The largest absolute Gasteiger partial charge is 0.464 e. The molecule has 0 aliphatic rings. The first kappa shape index (κ1) is 10.2. The van der Waals surface area contributed by atoms with E-state index in [1.807, 2.05) is 6.92 Å². The number of fused-ring (bicyclic) bond motifs is 1. The smallest absolute Gasteiger partial charge is 0.134 e. The van der Waals surface area contributed by atoms with Crippen molar-refractivity contribution in [2.45, 2.75) is 19.3 Å². The Morgan fingerprint density at radius 2 is 2.20 bits per heavy atom. The van der Waals surface area contributed by atoms with Crippen molar-refractivity contribution in [3.05, 3.63) is 35.8 Å². The number of halogens is 1. The van der Waals surface area contributed by atoms with Crippen molar-refractivity contribution in [3.63, 3.8) is 0 Å². The number of furan rings is 1. The maximum Gasteiger partial charge on any atom is 0.134 e. The van der Waals surface area contributed by atoms with Gasteiger partial charge in [0.1, 0.15) is 11.4 Å². The molecule has 80 valence electrons. The Hall–Kier alpha value is -1.35. The van der Waals surface area contributed by atoms with Crippen LogP contribution in [0.1, 0.15) is 24.8 Å².